The second-order valence-corrected chi connectivity index (χ2v) is 25.4. The topological polar surface area (TPSA) is 26.3 Å². The van der Waals surface area contributed by atoms with Crippen LogP contribution in [0.2, 0.25) is 0 Å². The molecule has 0 aliphatic rings. The molecule has 0 bridgehead atoms. The zero-order chi connectivity index (χ0) is 10.1. The van der Waals surface area contributed by atoms with Crippen LogP contribution in [0, 0.1) is 6.07 Å². The van der Waals surface area contributed by atoms with E-state index in [9.17, 15) is 4.79 Å². The molecule has 77 valence electrons. The largest absolute Gasteiger partial charge is 0 e. The summed E-state index contributed by atoms with van der Waals surface area (Å²) in [7, 11) is 1.42. The van der Waals surface area contributed by atoms with Crippen LogP contribution in [0.15, 0.2) is 24.3 Å². The fraction of sp³-hybridized carbons (Fsp3) is 0.125. The second kappa shape index (κ2) is 12.5. The van der Waals surface area contributed by atoms with E-state index in [1.165, 1.54) is 7.11 Å². The maximum atomic E-state index is 10.8. The Hall–Kier alpha value is 1.44. The van der Waals surface area contributed by atoms with Crippen LogP contribution >= 0.6 is 39.5 Å². The summed E-state index contributed by atoms with van der Waals surface area (Å²) in [6, 6.07) is 9.64. The number of benzene rings is 1. The van der Waals surface area contributed by atoms with Gasteiger partial charge in [-0.3, -0.25) is 0 Å². The van der Waals surface area contributed by atoms with E-state index in [4.69, 9.17) is 0 Å². The van der Waals surface area contributed by atoms with Crippen LogP contribution in [0.25, 0.3) is 0 Å². The number of carbonyl (C=O) groups excluding carboxylic acids is 1. The third kappa shape index (κ3) is 8.72. The van der Waals surface area contributed by atoms with Gasteiger partial charge in [-0.2, -0.15) is 0 Å². The Morgan fingerprint density at radius 3 is 2.43 bits per heavy atom. The molecule has 0 spiro atoms. The maximum absolute atomic E-state index is 10.8. The van der Waals surface area contributed by atoms with Crippen LogP contribution in [0.5, 0.6) is 0 Å². The first kappa shape index (κ1) is 17.8. The first-order valence-corrected chi connectivity index (χ1v) is 21.5. The number of hydrogen-bond acceptors (Lipinski definition) is 2. The molecule has 0 atom stereocenters. The van der Waals surface area contributed by atoms with Crippen LogP contribution in [0.3, 0.4) is 0 Å². The van der Waals surface area contributed by atoms with Crippen molar-refractivity contribution in [1.82, 2.24) is 0 Å². The molecule has 1 rings (SSSR count). The van der Waals surface area contributed by atoms with Gasteiger partial charge in [0.1, 0.15) is 0 Å². The van der Waals surface area contributed by atoms with Crippen molar-refractivity contribution < 1.29 is 40.1 Å². The Bertz CT molecular complexity index is 246. The van der Waals surface area contributed by atoms with E-state index in [2.05, 4.69) is 50.3 Å². The van der Waals surface area contributed by atoms with Crippen molar-refractivity contribution >= 4 is 45.5 Å². The average Bonchev–Trinajstić information content (AvgIpc) is 2.19. The summed E-state index contributed by atoms with van der Waals surface area (Å²) >= 11 is 4.93. The van der Waals surface area contributed by atoms with E-state index in [0.29, 0.717) is 5.56 Å². The number of rotatable bonds is 1. The third-order valence-corrected chi connectivity index (χ3v) is 1.11. The van der Waals surface area contributed by atoms with Crippen LogP contribution in [-0.4, -0.2) is 13.1 Å². The van der Waals surface area contributed by atoms with Crippen molar-refractivity contribution in [2.45, 2.75) is 0 Å². The molecule has 0 aliphatic carbocycles. The first-order chi connectivity index (χ1) is 6.26. The molecule has 0 heterocycles. The summed E-state index contributed by atoms with van der Waals surface area (Å²) in [4.78, 5) is 10.8. The standard InChI is InChI=1S/C8H7O2.2HI.Pd.Zn/c1-10-8(9)7-5-3-2-4-6-7;;;;/h2-5H,1H3;2*1H;;/q;;;;+2/p-2. The smallest absolute Gasteiger partial charge is 0 e. The van der Waals surface area contributed by atoms with Gasteiger partial charge in [0.05, 0.1) is 12.7 Å². The molecule has 1 radical (unpaired) electrons. The predicted molar refractivity (Wildman–Crippen MR) is 64.7 cm³/mol. The van der Waals surface area contributed by atoms with Crippen molar-refractivity contribution in [2.24, 2.45) is 0 Å². The SMILES string of the molecule is COC(=O)c1[c]cccc1.[I][Zn][I].[Pd]. The fourth-order valence-electron chi connectivity index (χ4n) is 0.630. The summed E-state index contributed by atoms with van der Waals surface area (Å²) in [5.41, 5.74) is 0.463. The van der Waals surface area contributed by atoms with Gasteiger partial charge in [0.25, 0.3) is 0 Å². The minimum absolute atomic E-state index is 0. The monoisotopic (exact) mass is 559 g/mol. The molecule has 1 aromatic rings. The molecule has 14 heavy (non-hydrogen) atoms. The average molecular weight is 561 g/mol. The zero-order valence-electron chi connectivity index (χ0n) is 7.41. The van der Waals surface area contributed by atoms with Gasteiger partial charge in [-0.15, -0.1) is 0 Å². The Morgan fingerprint density at radius 1 is 1.50 bits per heavy atom. The Labute approximate surface area is 127 Å². The molecule has 0 aliphatic heterocycles. The molecule has 0 unspecified atom stereocenters. The summed E-state index contributed by atoms with van der Waals surface area (Å²) in [5.74, 6) is -0.347. The maximum Gasteiger partial charge on any atom is 0 e. The van der Waals surface area contributed by atoms with Gasteiger partial charge < -0.3 is 4.74 Å². The summed E-state index contributed by atoms with van der Waals surface area (Å²) in [5, 5.41) is 0. The quantitative estimate of drug-likeness (QED) is 0.300. The molecule has 2 nitrogen and oxygen atoms in total. The second-order valence-electron chi connectivity index (χ2n) is 1.87. The fourth-order valence-corrected chi connectivity index (χ4v) is 0.630. The van der Waals surface area contributed by atoms with Gasteiger partial charge >= 0.3 is 55.6 Å². The van der Waals surface area contributed by atoms with Crippen molar-refractivity contribution in [3.63, 3.8) is 0 Å². The van der Waals surface area contributed by atoms with E-state index in [1.807, 2.05) is 0 Å². The molecule has 0 saturated carbocycles. The van der Waals surface area contributed by atoms with E-state index in [-0.39, 0.29) is 36.5 Å². The Kier molecular flexibility index (Phi) is 15.9. The summed E-state index contributed by atoms with van der Waals surface area (Å²) in [6.45, 7) is 0. The van der Waals surface area contributed by atoms with Gasteiger partial charge in [0.2, 0.25) is 0 Å². The van der Waals surface area contributed by atoms with E-state index < -0.39 is 0 Å². The third-order valence-electron chi connectivity index (χ3n) is 1.11. The molecule has 0 fully saturated rings. The van der Waals surface area contributed by atoms with Gasteiger partial charge in [-0.25, -0.2) is 4.79 Å². The predicted octanol–water partition coefficient (Wildman–Crippen LogP) is 3.04. The van der Waals surface area contributed by atoms with Crippen LogP contribution in [-0.2, 0) is 35.3 Å². The van der Waals surface area contributed by atoms with Crippen molar-refractivity contribution in [2.75, 3.05) is 7.11 Å². The van der Waals surface area contributed by atoms with Gasteiger partial charge in [0, 0.05) is 20.4 Å². The Morgan fingerprint density at radius 2 is 2.07 bits per heavy atom. The molecule has 0 amide bonds. The summed E-state index contributed by atoms with van der Waals surface area (Å²) in [6.07, 6.45) is 0. The van der Waals surface area contributed by atoms with Crippen LogP contribution in [0.4, 0.5) is 0 Å². The number of methoxy groups -OCH3 is 1. The zero-order valence-corrected chi connectivity index (χ0v) is 16.2. The van der Waals surface area contributed by atoms with Gasteiger partial charge in [-0.1, -0.05) is 18.2 Å². The Balaban J connectivity index is 0. The number of ether oxygens (including phenoxy) is 1. The molecule has 6 heteroatoms. The van der Waals surface area contributed by atoms with Gasteiger partial charge in [0.15, 0.2) is 0 Å². The van der Waals surface area contributed by atoms with Crippen molar-refractivity contribution in [1.29, 1.82) is 0 Å². The summed E-state index contributed by atoms with van der Waals surface area (Å²) < 4.78 is 4.47. The van der Waals surface area contributed by atoms with Gasteiger partial charge in [-0.05, 0) is 12.1 Å². The molecule has 0 N–H and O–H groups in total. The first-order valence-electron chi connectivity index (χ1n) is 3.43. The van der Waals surface area contributed by atoms with E-state index in [0.717, 1.165) is 0 Å². The minimum atomic E-state index is -0.347. The molecule has 0 aromatic heterocycles. The van der Waals surface area contributed by atoms with Crippen LogP contribution in [0.1, 0.15) is 10.4 Å². The van der Waals surface area contributed by atoms with Crippen molar-refractivity contribution in [3.8, 4) is 0 Å². The molecular weight excluding hydrogens is 554 g/mol. The number of halogens is 2. The van der Waals surface area contributed by atoms with E-state index >= 15 is 0 Å². The molecule has 0 saturated heterocycles. The molecule has 1 aromatic carbocycles. The minimum Gasteiger partial charge on any atom is 0 e. The normalized spacial score (nSPS) is 7.07. The molecular formula is C8H7I2O2PdZn. The van der Waals surface area contributed by atoms with E-state index in [1.54, 1.807) is 24.3 Å². The van der Waals surface area contributed by atoms with Crippen molar-refractivity contribution in [3.05, 3.63) is 35.9 Å². The number of carbonyl (C=O) groups is 1. The number of hydrogen-bond donors (Lipinski definition) is 0. The van der Waals surface area contributed by atoms with Crippen LogP contribution < -0.4 is 0 Å². The number of esters is 1.